The van der Waals surface area contributed by atoms with Crippen LogP contribution in [0.15, 0.2) is 29.1 Å². The molecule has 0 spiro atoms. The zero-order chi connectivity index (χ0) is 16.7. The van der Waals surface area contributed by atoms with Crippen molar-refractivity contribution < 1.29 is 4.39 Å². The lowest BCUT2D eigenvalue weighted by molar-refractivity contribution is 0.627. The molecule has 0 unspecified atom stereocenters. The van der Waals surface area contributed by atoms with Gasteiger partial charge in [0, 0.05) is 11.5 Å². The van der Waals surface area contributed by atoms with Gasteiger partial charge in [0.05, 0.1) is 5.69 Å². The lowest BCUT2D eigenvalue weighted by atomic mass is 10.1. The van der Waals surface area contributed by atoms with Crippen LogP contribution in [0.5, 0.6) is 0 Å². The minimum Gasteiger partial charge on any atom is -0.303 e. The number of benzene rings is 1. The molecular weight excluding hydrogens is 307 g/mol. The minimum absolute atomic E-state index is 0.196. The molecule has 24 heavy (non-hydrogen) atoms. The van der Waals surface area contributed by atoms with Crippen LogP contribution >= 0.6 is 0 Å². The van der Waals surface area contributed by atoms with Gasteiger partial charge in [0.1, 0.15) is 11.6 Å². The summed E-state index contributed by atoms with van der Waals surface area (Å²) >= 11 is 0. The van der Waals surface area contributed by atoms with Crippen molar-refractivity contribution in [3.63, 3.8) is 0 Å². The maximum atomic E-state index is 13.1. The molecule has 2 heterocycles. The molecular formula is C18H19FN4O. The van der Waals surface area contributed by atoms with Crippen LogP contribution in [0.4, 0.5) is 4.39 Å². The number of imidazole rings is 1. The fraction of sp³-hybridized carbons (Fsp3) is 0.389. The maximum absolute atomic E-state index is 13.1. The van der Waals surface area contributed by atoms with Crippen LogP contribution in [-0.4, -0.2) is 19.6 Å². The number of rotatable bonds is 3. The number of halogens is 1. The van der Waals surface area contributed by atoms with Crippen LogP contribution in [0.25, 0.3) is 16.9 Å². The van der Waals surface area contributed by atoms with Gasteiger partial charge in [-0.15, -0.1) is 5.10 Å². The Kier molecular flexibility index (Phi) is 3.67. The average Bonchev–Trinajstić information content (AvgIpc) is 3.22. The van der Waals surface area contributed by atoms with Crippen LogP contribution in [0.3, 0.4) is 0 Å². The second-order valence-corrected chi connectivity index (χ2v) is 6.32. The Morgan fingerprint density at radius 3 is 2.62 bits per heavy atom. The molecule has 0 aliphatic heterocycles. The summed E-state index contributed by atoms with van der Waals surface area (Å²) < 4.78 is 14.9. The van der Waals surface area contributed by atoms with E-state index in [-0.39, 0.29) is 11.4 Å². The molecule has 1 aromatic carbocycles. The first-order valence-corrected chi connectivity index (χ1v) is 8.45. The topological polar surface area (TPSA) is 63.1 Å². The lowest BCUT2D eigenvalue weighted by Gasteiger charge is -2.08. The average molecular weight is 326 g/mol. The second kappa shape index (κ2) is 5.85. The number of aryl methyl sites for hydroxylation is 1. The standard InChI is InChI=1S/C18H19FN4O/c1-2-14-15-18(24)21-16(11-7-9-13(19)10-8-11)22-23(15)17(20-14)12-5-3-4-6-12/h7-10,12H,2-6H2,1H3,(H,21,22,24). The highest BCUT2D eigenvalue weighted by molar-refractivity contribution is 5.58. The summed E-state index contributed by atoms with van der Waals surface area (Å²) in [6.07, 6.45) is 5.24. The first-order chi connectivity index (χ1) is 11.7. The summed E-state index contributed by atoms with van der Waals surface area (Å²) in [4.78, 5) is 20.2. The van der Waals surface area contributed by atoms with Crippen molar-refractivity contribution >= 4 is 5.52 Å². The van der Waals surface area contributed by atoms with Crippen molar-refractivity contribution in [1.82, 2.24) is 19.6 Å². The third kappa shape index (κ3) is 2.42. The summed E-state index contributed by atoms with van der Waals surface area (Å²) in [5.41, 5.74) is 1.80. The van der Waals surface area contributed by atoms with Gasteiger partial charge in [-0.2, -0.15) is 0 Å². The van der Waals surface area contributed by atoms with Crippen LogP contribution in [0.1, 0.15) is 50.0 Å². The van der Waals surface area contributed by atoms with E-state index in [0.29, 0.717) is 29.2 Å². The molecule has 1 saturated carbocycles. The van der Waals surface area contributed by atoms with Crippen LogP contribution in [0.2, 0.25) is 0 Å². The molecule has 0 amide bonds. The third-order valence-electron chi connectivity index (χ3n) is 4.77. The fourth-order valence-electron chi connectivity index (χ4n) is 3.53. The summed E-state index contributed by atoms with van der Waals surface area (Å²) in [6, 6.07) is 5.96. The lowest BCUT2D eigenvalue weighted by Crippen LogP contribution is -2.16. The molecule has 1 aliphatic rings. The Hall–Kier alpha value is -2.50. The summed E-state index contributed by atoms with van der Waals surface area (Å²) in [5, 5.41) is 4.63. The fourth-order valence-corrected chi connectivity index (χ4v) is 3.53. The molecule has 6 heteroatoms. The first-order valence-electron chi connectivity index (χ1n) is 8.45. The minimum atomic E-state index is -0.315. The van der Waals surface area contributed by atoms with Gasteiger partial charge in [-0.3, -0.25) is 4.79 Å². The third-order valence-corrected chi connectivity index (χ3v) is 4.77. The van der Waals surface area contributed by atoms with E-state index < -0.39 is 0 Å². The monoisotopic (exact) mass is 326 g/mol. The summed E-state index contributed by atoms with van der Waals surface area (Å²) in [6.45, 7) is 1.99. The Balaban J connectivity index is 1.93. The largest absolute Gasteiger partial charge is 0.303 e. The number of fused-ring (bicyclic) bond motifs is 1. The van der Waals surface area contributed by atoms with Gasteiger partial charge in [0.2, 0.25) is 0 Å². The van der Waals surface area contributed by atoms with Crippen LogP contribution < -0.4 is 5.56 Å². The van der Waals surface area contributed by atoms with E-state index in [1.807, 2.05) is 6.92 Å². The first kappa shape index (κ1) is 15.1. The molecule has 0 radical (unpaired) electrons. The van der Waals surface area contributed by atoms with Gasteiger partial charge in [0.25, 0.3) is 5.56 Å². The van der Waals surface area contributed by atoms with Gasteiger partial charge in [-0.05, 0) is 43.5 Å². The highest BCUT2D eigenvalue weighted by atomic mass is 19.1. The van der Waals surface area contributed by atoms with Gasteiger partial charge < -0.3 is 4.98 Å². The van der Waals surface area contributed by atoms with Crippen LogP contribution in [-0.2, 0) is 6.42 Å². The summed E-state index contributed by atoms with van der Waals surface area (Å²) in [5.74, 6) is 1.36. The zero-order valence-electron chi connectivity index (χ0n) is 13.6. The van der Waals surface area contributed by atoms with Gasteiger partial charge in [0.15, 0.2) is 11.3 Å². The Morgan fingerprint density at radius 2 is 1.96 bits per heavy atom. The number of H-pyrrole nitrogens is 1. The Morgan fingerprint density at radius 1 is 1.25 bits per heavy atom. The molecule has 5 nitrogen and oxygen atoms in total. The number of aromatic amines is 1. The molecule has 1 fully saturated rings. The van der Waals surface area contributed by atoms with E-state index in [1.54, 1.807) is 16.6 Å². The van der Waals surface area contributed by atoms with Crippen LogP contribution in [0, 0.1) is 5.82 Å². The molecule has 1 N–H and O–H groups in total. The number of nitrogens with one attached hydrogen (secondary N) is 1. The van der Waals surface area contributed by atoms with Crippen molar-refractivity contribution in [2.75, 3.05) is 0 Å². The van der Waals surface area contributed by atoms with E-state index in [2.05, 4.69) is 10.1 Å². The van der Waals surface area contributed by atoms with Crippen molar-refractivity contribution in [1.29, 1.82) is 0 Å². The van der Waals surface area contributed by atoms with Crippen molar-refractivity contribution in [2.45, 2.75) is 44.9 Å². The predicted octanol–water partition coefficient (Wildman–Crippen LogP) is 3.44. The van der Waals surface area contributed by atoms with Gasteiger partial charge in [-0.25, -0.2) is 13.9 Å². The smallest absolute Gasteiger partial charge is 0.277 e. The number of hydrogen-bond acceptors (Lipinski definition) is 3. The van der Waals surface area contributed by atoms with E-state index in [4.69, 9.17) is 4.98 Å². The Labute approximate surface area is 138 Å². The molecule has 1 aliphatic carbocycles. The zero-order valence-corrected chi connectivity index (χ0v) is 13.6. The SMILES string of the molecule is CCc1nc(C2CCCC2)n2nc(-c3ccc(F)cc3)[nH]c(=O)c12. The number of nitrogens with zero attached hydrogens (tertiary/aromatic N) is 3. The predicted molar refractivity (Wildman–Crippen MR) is 89.6 cm³/mol. The molecule has 124 valence electrons. The van der Waals surface area contributed by atoms with Crippen molar-refractivity contribution in [3.8, 4) is 11.4 Å². The highest BCUT2D eigenvalue weighted by Gasteiger charge is 2.25. The Bertz CT molecular complexity index is 936. The van der Waals surface area contributed by atoms with E-state index in [1.165, 1.54) is 25.0 Å². The summed E-state index contributed by atoms with van der Waals surface area (Å²) in [7, 11) is 0. The molecule has 3 aromatic rings. The second-order valence-electron chi connectivity index (χ2n) is 6.32. The van der Waals surface area contributed by atoms with E-state index in [9.17, 15) is 9.18 Å². The highest BCUT2D eigenvalue weighted by Crippen LogP contribution is 2.34. The van der Waals surface area contributed by atoms with Gasteiger partial charge in [-0.1, -0.05) is 19.8 Å². The molecule has 2 aromatic heterocycles. The van der Waals surface area contributed by atoms with Crippen molar-refractivity contribution in [2.24, 2.45) is 0 Å². The number of aromatic nitrogens is 4. The molecule has 0 bridgehead atoms. The van der Waals surface area contributed by atoms with E-state index in [0.717, 1.165) is 24.4 Å². The molecule has 4 rings (SSSR count). The normalized spacial score (nSPS) is 15.4. The van der Waals surface area contributed by atoms with E-state index >= 15 is 0 Å². The number of hydrogen-bond donors (Lipinski definition) is 1. The maximum Gasteiger partial charge on any atom is 0.277 e. The molecule has 0 saturated heterocycles. The van der Waals surface area contributed by atoms with Gasteiger partial charge >= 0.3 is 0 Å². The quantitative estimate of drug-likeness (QED) is 0.802. The molecule has 0 atom stereocenters. The van der Waals surface area contributed by atoms with Crippen molar-refractivity contribution in [3.05, 3.63) is 52.0 Å².